The normalized spacial score (nSPS) is 20.5. The number of Topliss-reactive ketones (excluding diaryl/α,β-unsaturated/α-hetero) is 1. The summed E-state index contributed by atoms with van der Waals surface area (Å²) in [7, 11) is 0. The Balaban J connectivity index is 1.53. The number of ketones is 1. The minimum Gasteiger partial charge on any atom is -0.477 e. The molecule has 0 bridgehead atoms. The van der Waals surface area contributed by atoms with Crippen LogP contribution in [-0.2, 0) is 6.54 Å². The van der Waals surface area contributed by atoms with E-state index >= 15 is 0 Å². The van der Waals surface area contributed by atoms with Crippen molar-refractivity contribution in [3.8, 4) is 11.5 Å². The van der Waals surface area contributed by atoms with Crippen molar-refractivity contribution < 1.29 is 18.7 Å². The molecule has 5 heteroatoms. The number of nitrogens with zero attached hydrogens (tertiary/aromatic N) is 1. The zero-order valence-electron chi connectivity index (χ0n) is 14.4. The summed E-state index contributed by atoms with van der Waals surface area (Å²) in [6, 6.07) is 8.80. The lowest BCUT2D eigenvalue weighted by Crippen LogP contribution is -2.34. The van der Waals surface area contributed by atoms with Gasteiger partial charge in [-0.25, -0.2) is 4.39 Å². The van der Waals surface area contributed by atoms with Crippen molar-refractivity contribution in [1.82, 2.24) is 4.90 Å². The summed E-state index contributed by atoms with van der Waals surface area (Å²) in [6.07, 6.45) is 3.88. The van der Waals surface area contributed by atoms with E-state index in [2.05, 4.69) is 4.90 Å². The highest BCUT2D eigenvalue weighted by Crippen LogP contribution is 2.44. The number of fused-ring (bicyclic) bond motifs is 2. The maximum absolute atomic E-state index is 13.9. The van der Waals surface area contributed by atoms with Crippen LogP contribution >= 0.6 is 0 Å². The highest BCUT2D eigenvalue weighted by molar-refractivity contribution is 6.15. The number of allylic oxidation sites excluding steroid dienone is 1. The van der Waals surface area contributed by atoms with Gasteiger partial charge in [-0.2, -0.15) is 0 Å². The average molecular weight is 351 g/mol. The molecule has 0 spiro atoms. The Morgan fingerprint density at radius 2 is 2.04 bits per heavy atom. The van der Waals surface area contributed by atoms with Gasteiger partial charge >= 0.3 is 0 Å². The number of carbonyl (C=O) groups excluding carboxylic acids is 1. The van der Waals surface area contributed by atoms with Gasteiger partial charge in [-0.05, 0) is 38.0 Å². The van der Waals surface area contributed by atoms with E-state index in [9.17, 15) is 9.18 Å². The topological polar surface area (TPSA) is 38.8 Å². The quantitative estimate of drug-likeness (QED) is 0.765. The summed E-state index contributed by atoms with van der Waals surface area (Å²) in [5, 5.41) is 0. The molecule has 4 nitrogen and oxygen atoms in total. The molecule has 1 fully saturated rings. The lowest BCUT2D eigenvalue weighted by atomic mass is 10.00. The van der Waals surface area contributed by atoms with E-state index in [0.29, 0.717) is 29.6 Å². The molecule has 0 unspecified atom stereocenters. The predicted molar refractivity (Wildman–Crippen MR) is 94.6 cm³/mol. The molecule has 1 aliphatic carbocycles. The molecule has 0 atom stereocenters. The van der Waals surface area contributed by atoms with Gasteiger partial charge in [0.1, 0.15) is 24.0 Å². The molecule has 1 saturated carbocycles. The van der Waals surface area contributed by atoms with Crippen LogP contribution in [0.3, 0.4) is 0 Å². The largest absolute Gasteiger partial charge is 0.477 e. The third-order valence-electron chi connectivity index (χ3n) is 5.22. The number of ether oxygens (including phenoxy) is 2. The minimum atomic E-state index is -0.383. The molecule has 0 N–H and O–H groups in total. The molecule has 2 aliphatic heterocycles. The van der Waals surface area contributed by atoms with E-state index in [-0.39, 0.29) is 17.4 Å². The lowest BCUT2D eigenvalue weighted by molar-refractivity contribution is 0.0872. The summed E-state index contributed by atoms with van der Waals surface area (Å²) < 4.78 is 25.7. The lowest BCUT2D eigenvalue weighted by Gasteiger charge is -2.30. The summed E-state index contributed by atoms with van der Waals surface area (Å²) in [4.78, 5) is 15.1. The molecule has 0 saturated heterocycles. The fraction of sp³-hybridized carbons (Fsp3) is 0.286. The fourth-order valence-corrected chi connectivity index (χ4v) is 3.67. The Morgan fingerprint density at radius 1 is 1.23 bits per heavy atom. The molecule has 26 heavy (non-hydrogen) atoms. The molecule has 3 aliphatic rings. The third kappa shape index (κ3) is 2.42. The van der Waals surface area contributed by atoms with E-state index in [1.807, 2.05) is 13.0 Å². The Kier molecular flexibility index (Phi) is 3.40. The Bertz CT molecular complexity index is 962. The second-order valence-corrected chi connectivity index (χ2v) is 7.08. The minimum absolute atomic E-state index is 0.148. The molecule has 0 amide bonds. The van der Waals surface area contributed by atoms with Crippen molar-refractivity contribution in [2.45, 2.75) is 32.4 Å². The third-order valence-corrected chi connectivity index (χ3v) is 5.22. The molecule has 2 heterocycles. The molecular weight excluding hydrogens is 333 g/mol. The van der Waals surface area contributed by atoms with Crippen LogP contribution in [-0.4, -0.2) is 23.5 Å². The molecule has 0 radical (unpaired) electrons. The second-order valence-electron chi connectivity index (χ2n) is 7.08. The van der Waals surface area contributed by atoms with Gasteiger partial charge in [0.2, 0.25) is 5.78 Å². The van der Waals surface area contributed by atoms with Crippen molar-refractivity contribution in [3.05, 3.63) is 64.2 Å². The molecule has 2 aromatic carbocycles. The van der Waals surface area contributed by atoms with E-state index in [1.165, 1.54) is 25.0 Å². The molecule has 5 rings (SSSR count). The number of rotatable bonds is 2. The summed E-state index contributed by atoms with van der Waals surface area (Å²) >= 11 is 0. The van der Waals surface area contributed by atoms with Crippen molar-refractivity contribution in [1.29, 1.82) is 0 Å². The molecule has 0 aromatic heterocycles. The van der Waals surface area contributed by atoms with Gasteiger partial charge in [0, 0.05) is 29.3 Å². The first-order valence-electron chi connectivity index (χ1n) is 8.84. The highest BCUT2D eigenvalue weighted by atomic mass is 19.1. The molecular formula is C21H18FNO3. The smallest absolute Gasteiger partial charge is 0.231 e. The molecule has 132 valence electrons. The standard InChI is InChI=1S/C21H18FNO3/c1-12-20-14(10-23(11-25-20)15-6-7-15)8-16-19(24)18(26-21(12)16)9-13-4-2-3-5-17(13)22/h2-5,8-9,15H,6-7,10-11H2,1H3. The van der Waals surface area contributed by atoms with E-state index < -0.39 is 0 Å². The fourth-order valence-electron chi connectivity index (χ4n) is 3.67. The van der Waals surface area contributed by atoms with Gasteiger partial charge < -0.3 is 9.47 Å². The van der Waals surface area contributed by atoms with Crippen LogP contribution in [0.2, 0.25) is 0 Å². The van der Waals surface area contributed by atoms with Crippen LogP contribution in [0.1, 0.15) is 39.9 Å². The van der Waals surface area contributed by atoms with Crippen LogP contribution in [0.5, 0.6) is 11.5 Å². The first-order chi connectivity index (χ1) is 12.6. The first-order valence-corrected chi connectivity index (χ1v) is 8.84. The maximum atomic E-state index is 13.9. The Morgan fingerprint density at radius 3 is 2.81 bits per heavy atom. The van der Waals surface area contributed by atoms with Crippen molar-refractivity contribution >= 4 is 11.9 Å². The predicted octanol–water partition coefficient (Wildman–Crippen LogP) is 4.06. The van der Waals surface area contributed by atoms with Crippen LogP contribution in [0.4, 0.5) is 4.39 Å². The summed E-state index contributed by atoms with van der Waals surface area (Å²) in [5.41, 5.74) is 2.72. The van der Waals surface area contributed by atoms with Gasteiger partial charge in [-0.15, -0.1) is 0 Å². The molecule has 2 aromatic rings. The van der Waals surface area contributed by atoms with Crippen molar-refractivity contribution in [2.24, 2.45) is 0 Å². The van der Waals surface area contributed by atoms with Crippen molar-refractivity contribution in [3.63, 3.8) is 0 Å². The maximum Gasteiger partial charge on any atom is 0.231 e. The van der Waals surface area contributed by atoms with Crippen LogP contribution < -0.4 is 9.47 Å². The Labute approximate surface area is 150 Å². The number of halogens is 1. The number of hydrogen-bond acceptors (Lipinski definition) is 4. The van der Waals surface area contributed by atoms with Crippen LogP contribution in [0.15, 0.2) is 36.1 Å². The van der Waals surface area contributed by atoms with Crippen LogP contribution in [0.25, 0.3) is 6.08 Å². The number of carbonyl (C=O) groups is 1. The van der Waals surface area contributed by atoms with E-state index in [4.69, 9.17) is 9.47 Å². The van der Waals surface area contributed by atoms with Crippen molar-refractivity contribution in [2.75, 3.05) is 6.73 Å². The second kappa shape index (κ2) is 5.68. The summed E-state index contributed by atoms with van der Waals surface area (Å²) in [5.74, 6) is 0.885. The van der Waals surface area contributed by atoms with Crippen LogP contribution in [0, 0.1) is 12.7 Å². The van der Waals surface area contributed by atoms with Gasteiger partial charge in [0.05, 0.1) is 5.56 Å². The zero-order chi connectivity index (χ0) is 17.8. The zero-order valence-corrected chi connectivity index (χ0v) is 14.4. The average Bonchev–Trinajstić information content (AvgIpc) is 3.44. The SMILES string of the molecule is Cc1c2c(cc3c1OC(=Cc1ccccc1F)C3=O)CN(C1CC1)CO2. The van der Waals surface area contributed by atoms with Gasteiger partial charge in [-0.1, -0.05) is 18.2 Å². The number of benzene rings is 2. The van der Waals surface area contributed by atoms with Gasteiger partial charge in [-0.3, -0.25) is 9.69 Å². The monoisotopic (exact) mass is 351 g/mol. The number of hydrogen-bond donors (Lipinski definition) is 0. The van der Waals surface area contributed by atoms with E-state index in [1.54, 1.807) is 18.2 Å². The Hall–Kier alpha value is -2.66. The van der Waals surface area contributed by atoms with Gasteiger partial charge in [0.15, 0.2) is 5.76 Å². The first kappa shape index (κ1) is 15.6. The highest BCUT2D eigenvalue weighted by Gasteiger charge is 2.36. The van der Waals surface area contributed by atoms with E-state index in [0.717, 1.165) is 23.4 Å². The summed E-state index contributed by atoms with van der Waals surface area (Å²) in [6.45, 7) is 3.26. The van der Waals surface area contributed by atoms with Gasteiger partial charge in [0.25, 0.3) is 0 Å².